The molecule has 2 N–H and O–H groups in total. The number of esters is 1. The van der Waals surface area contributed by atoms with Gasteiger partial charge in [0.05, 0.1) is 20.2 Å². The van der Waals surface area contributed by atoms with Gasteiger partial charge >= 0.3 is 5.97 Å². The lowest BCUT2D eigenvalue weighted by Crippen LogP contribution is -2.43. The number of ether oxygens (including phenoxy) is 2. The average molecular weight is 421 g/mol. The maximum absolute atomic E-state index is 12.4. The maximum Gasteiger partial charge on any atom is 0.305 e. The van der Waals surface area contributed by atoms with Gasteiger partial charge in [-0.15, -0.1) is 0 Å². The lowest BCUT2D eigenvalue weighted by atomic mass is 10.2. The number of rotatable bonds is 13. The Labute approximate surface area is 177 Å². The van der Waals surface area contributed by atoms with Crippen molar-refractivity contribution < 1.29 is 28.7 Å². The molecule has 0 heterocycles. The molecule has 0 saturated carbocycles. The van der Waals surface area contributed by atoms with Crippen molar-refractivity contribution in [1.82, 2.24) is 10.2 Å². The Morgan fingerprint density at radius 1 is 0.967 bits per heavy atom. The summed E-state index contributed by atoms with van der Waals surface area (Å²) in [5.41, 5.74) is 1.72. The zero-order valence-electron chi connectivity index (χ0n) is 17.9. The highest BCUT2D eigenvalue weighted by molar-refractivity contribution is 5.95. The lowest BCUT2D eigenvalue weighted by Gasteiger charge is -2.22. The SMILES string of the molecule is COCCCN(CC(=O)NCC(=O)Nc1ccc(C)cc1)C(=O)CCCC(=O)OC. The van der Waals surface area contributed by atoms with Crippen LogP contribution in [-0.4, -0.2) is 69.1 Å². The molecule has 1 aromatic carbocycles. The average Bonchev–Trinajstić information content (AvgIpc) is 2.73. The van der Waals surface area contributed by atoms with Crippen LogP contribution in [-0.2, 0) is 28.7 Å². The Balaban J connectivity index is 2.48. The van der Waals surface area contributed by atoms with Crippen LogP contribution in [0.1, 0.15) is 31.2 Å². The summed E-state index contributed by atoms with van der Waals surface area (Å²) in [7, 11) is 2.85. The van der Waals surface area contributed by atoms with Crippen molar-refractivity contribution in [3.05, 3.63) is 29.8 Å². The van der Waals surface area contributed by atoms with Crippen molar-refractivity contribution in [2.24, 2.45) is 0 Å². The van der Waals surface area contributed by atoms with E-state index >= 15 is 0 Å². The van der Waals surface area contributed by atoms with E-state index < -0.39 is 5.91 Å². The third-order valence-corrected chi connectivity index (χ3v) is 4.24. The van der Waals surface area contributed by atoms with Crippen LogP contribution in [0.3, 0.4) is 0 Å². The Bertz CT molecular complexity index is 705. The summed E-state index contributed by atoms with van der Waals surface area (Å²) in [6, 6.07) is 7.30. The largest absolute Gasteiger partial charge is 0.469 e. The van der Waals surface area contributed by atoms with Crippen molar-refractivity contribution in [2.75, 3.05) is 45.8 Å². The zero-order valence-corrected chi connectivity index (χ0v) is 17.9. The number of hydrogen-bond donors (Lipinski definition) is 2. The van der Waals surface area contributed by atoms with Crippen molar-refractivity contribution in [2.45, 2.75) is 32.6 Å². The fourth-order valence-electron chi connectivity index (χ4n) is 2.59. The fourth-order valence-corrected chi connectivity index (χ4v) is 2.59. The van der Waals surface area contributed by atoms with E-state index in [-0.39, 0.29) is 43.7 Å². The van der Waals surface area contributed by atoms with Gasteiger partial charge in [0.2, 0.25) is 17.7 Å². The number of anilines is 1. The van der Waals surface area contributed by atoms with Gasteiger partial charge in [-0.1, -0.05) is 17.7 Å². The van der Waals surface area contributed by atoms with E-state index in [0.29, 0.717) is 31.7 Å². The van der Waals surface area contributed by atoms with E-state index in [4.69, 9.17) is 4.74 Å². The quantitative estimate of drug-likeness (QED) is 0.366. The lowest BCUT2D eigenvalue weighted by molar-refractivity contribution is -0.141. The molecule has 0 fully saturated rings. The zero-order chi connectivity index (χ0) is 22.4. The highest BCUT2D eigenvalue weighted by Crippen LogP contribution is 2.08. The third kappa shape index (κ3) is 10.6. The molecule has 30 heavy (non-hydrogen) atoms. The van der Waals surface area contributed by atoms with Crippen LogP contribution in [0.15, 0.2) is 24.3 Å². The van der Waals surface area contributed by atoms with Crippen LogP contribution in [0.25, 0.3) is 0 Å². The Morgan fingerprint density at radius 3 is 2.30 bits per heavy atom. The number of methoxy groups -OCH3 is 2. The molecule has 0 bridgehead atoms. The molecule has 0 unspecified atom stereocenters. The van der Waals surface area contributed by atoms with Crippen LogP contribution in [0, 0.1) is 6.92 Å². The summed E-state index contributed by atoms with van der Waals surface area (Å²) >= 11 is 0. The van der Waals surface area contributed by atoms with E-state index in [1.54, 1.807) is 19.2 Å². The first-order valence-electron chi connectivity index (χ1n) is 9.82. The van der Waals surface area contributed by atoms with Crippen LogP contribution in [0.2, 0.25) is 0 Å². The smallest absolute Gasteiger partial charge is 0.305 e. The van der Waals surface area contributed by atoms with E-state index in [0.717, 1.165) is 5.56 Å². The van der Waals surface area contributed by atoms with Gasteiger partial charge in [-0.25, -0.2) is 0 Å². The Hall–Kier alpha value is -2.94. The molecule has 0 spiro atoms. The molecule has 1 rings (SSSR count). The van der Waals surface area contributed by atoms with Crippen molar-refractivity contribution >= 4 is 29.4 Å². The summed E-state index contributed by atoms with van der Waals surface area (Å²) in [5, 5.41) is 5.22. The Morgan fingerprint density at radius 2 is 1.67 bits per heavy atom. The molecule has 3 amide bonds. The topological polar surface area (TPSA) is 114 Å². The normalized spacial score (nSPS) is 10.2. The predicted molar refractivity (Wildman–Crippen MR) is 112 cm³/mol. The van der Waals surface area contributed by atoms with Gasteiger partial charge in [0.25, 0.3) is 0 Å². The third-order valence-electron chi connectivity index (χ3n) is 4.24. The summed E-state index contributed by atoms with van der Waals surface area (Å²) in [6.45, 7) is 2.37. The summed E-state index contributed by atoms with van der Waals surface area (Å²) in [5.74, 6) is -1.42. The van der Waals surface area contributed by atoms with E-state index in [9.17, 15) is 19.2 Å². The number of nitrogens with one attached hydrogen (secondary N) is 2. The molecule has 0 saturated heterocycles. The fraction of sp³-hybridized carbons (Fsp3) is 0.524. The van der Waals surface area contributed by atoms with Gasteiger partial charge in [0.15, 0.2) is 0 Å². The minimum atomic E-state index is -0.437. The number of hydrogen-bond acceptors (Lipinski definition) is 6. The standard InChI is InChI=1S/C21H31N3O6/c1-16-8-10-17(11-9-16)23-18(25)14-22-19(26)15-24(12-5-13-29-2)20(27)6-4-7-21(28)30-3/h8-11H,4-7,12-15H2,1-3H3,(H,22,26)(H,23,25). The molecule has 1 aromatic rings. The first-order valence-corrected chi connectivity index (χ1v) is 9.82. The maximum atomic E-state index is 12.4. The summed E-state index contributed by atoms with van der Waals surface area (Å²) in [4.78, 5) is 49.2. The van der Waals surface area contributed by atoms with Crippen molar-refractivity contribution in [3.8, 4) is 0 Å². The second-order valence-electron chi connectivity index (χ2n) is 6.78. The minimum Gasteiger partial charge on any atom is -0.469 e. The molecule has 0 atom stereocenters. The highest BCUT2D eigenvalue weighted by Gasteiger charge is 2.18. The Kier molecular flexibility index (Phi) is 11.8. The number of aryl methyl sites for hydroxylation is 1. The number of carbonyl (C=O) groups is 4. The van der Waals surface area contributed by atoms with Crippen LogP contribution in [0.5, 0.6) is 0 Å². The van der Waals surface area contributed by atoms with Gasteiger partial charge < -0.3 is 25.0 Å². The second-order valence-corrected chi connectivity index (χ2v) is 6.78. The van der Waals surface area contributed by atoms with Crippen LogP contribution >= 0.6 is 0 Å². The molecular weight excluding hydrogens is 390 g/mol. The molecule has 0 aliphatic carbocycles. The van der Waals surface area contributed by atoms with Gasteiger partial charge in [-0.2, -0.15) is 0 Å². The first-order chi connectivity index (χ1) is 14.3. The molecule has 0 radical (unpaired) electrons. The molecule has 9 heteroatoms. The summed E-state index contributed by atoms with van der Waals surface area (Å²) in [6.07, 6.45) is 1.18. The van der Waals surface area contributed by atoms with Crippen molar-refractivity contribution in [1.29, 1.82) is 0 Å². The first kappa shape index (κ1) is 25.1. The molecule has 0 aliphatic rings. The van der Waals surface area contributed by atoms with Crippen LogP contribution in [0.4, 0.5) is 5.69 Å². The molecule has 9 nitrogen and oxygen atoms in total. The minimum absolute atomic E-state index is 0.128. The van der Waals surface area contributed by atoms with Gasteiger partial charge in [0, 0.05) is 38.8 Å². The molecule has 0 aromatic heterocycles. The molecule has 0 aliphatic heterocycles. The summed E-state index contributed by atoms with van der Waals surface area (Å²) < 4.78 is 9.55. The molecule has 166 valence electrons. The highest BCUT2D eigenvalue weighted by atomic mass is 16.5. The molecular formula is C21H31N3O6. The van der Waals surface area contributed by atoms with Gasteiger partial charge in [-0.3, -0.25) is 19.2 Å². The number of benzene rings is 1. The predicted octanol–water partition coefficient (Wildman–Crippen LogP) is 1.26. The van der Waals surface area contributed by atoms with E-state index in [1.165, 1.54) is 12.0 Å². The van der Waals surface area contributed by atoms with E-state index in [2.05, 4.69) is 15.4 Å². The number of nitrogens with zero attached hydrogens (tertiary/aromatic N) is 1. The van der Waals surface area contributed by atoms with Gasteiger partial charge in [0.1, 0.15) is 0 Å². The number of amides is 3. The van der Waals surface area contributed by atoms with Crippen LogP contribution < -0.4 is 10.6 Å². The number of carbonyl (C=O) groups excluding carboxylic acids is 4. The van der Waals surface area contributed by atoms with E-state index in [1.807, 2.05) is 19.1 Å². The second kappa shape index (κ2) is 14.1. The van der Waals surface area contributed by atoms with Crippen molar-refractivity contribution in [3.63, 3.8) is 0 Å². The van der Waals surface area contributed by atoms with Gasteiger partial charge in [-0.05, 0) is 31.9 Å². The monoisotopic (exact) mass is 421 g/mol.